The van der Waals surface area contributed by atoms with Crippen molar-refractivity contribution in [2.45, 2.75) is 37.6 Å². The molecular formula is C13H17F2N3O2. The van der Waals surface area contributed by atoms with E-state index < -0.39 is 5.92 Å². The van der Waals surface area contributed by atoms with Gasteiger partial charge < -0.3 is 9.84 Å². The van der Waals surface area contributed by atoms with Gasteiger partial charge in [-0.25, -0.2) is 8.78 Å². The molecule has 0 radical (unpaired) electrons. The Morgan fingerprint density at radius 3 is 2.85 bits per heavy atom. The summed E-state index contributed by atoms with van der Waals surface area (Å²) in [5, 5.41) is 6.52. The Morgan fingerprint density at radius 2 is 2.25 bits per heavy atom. The van der Waals surface area contributed by atoms with Crippen molar-refractivity contribution in [3.63, 3.8) is 0 Å². The highest BCUT2D eigenvalue weighted by Crippen LogP contribution is 2.40. The minimum Gasteiger partial charge on any atom is -0.360 e. The number of nitrogens with zero attached hydrogens (tertiary/aromatic N) is 2. The van der Waals surface area contributed by atoms with E-state index in [1.807, 2.05) is 0 Å². The van der Waals surface area contributed by atoms with Crippen LogP contribution in [0.4, 0.5) is 8.78 Å². The van der Waals surface area contributed by atoms with Gasteiger partial charge in [0.05, 0.1) is 12.6 Å². The number of halogens is 2. The molecule has 1 aromatic rings. The predicted octanol–water partition coefficient (Wildman–Crippen LogP) is 1.62. The molecule has 0 atom stereocenters. The molecule has 1 aliphatic heterocycles. The van der Waals surface area contributed by atoms with Crippen LogP contribution in [0.25, 0.3) is 0 Å². The summed E-state index contributed by atoms with van der Waals surface area (Å²) in [7, 11) is 0. The van der Waals surface area contributed by atoms with E-state index in [0.29, 0.717) is 19.0 Å². The second-order valence-corrected chi connectivity index (χ2v) is 5.82. The molecule has 2 fully saturated rings. The van der Waals surface area contributed by atoms with Gasteiger partial charge in [0.1, 0.15) is 5.76 Å². The lowest BCUT2D eigenvalue weighted by Crippen LogP contribution is -2.61. The summed E-state index contributed by atoms with van der Waals surface area (Å²) in [6.07, 6.45) is 2.16. The maximum atomic E-state index is 12.8. The highest BCUT2D eigenvalue weighted by molar-refractivity contribution is 5.92. The minimum atomic E-state index is -2.69. The maximum absolute atomic E-state index is 12.8. The Balaban J connectivity index is 1.45. The van der Waals surface area contributed by atoms with Crippen molar-refractivity contribution in [3.05, 3.63) is 17.5 Å². The lowest BCUT2D eigenvalue weighted by molar-refractivity contribution is -0.0375. The van der Waals surface area contributed by atoms with E-state index in [1.54, 1.807) is 11.0 Å². The first kappa shape index (κ1) is 13.5. The number of hydrogen-bond acceptors (Lipinski definition) is 4. The number of amides is 1. The van der Waals surface area contributed by atoms with Crippen molar-refractivity contribution >= 4 is 5.91 Å². The van der Waals surface area contributed by atoms with Crippen molar-refractivity contribution in [2.24, 2.45) is 0 Å². The molecule has 1 N–H and O–H groups in total. The molecular weight excluding hydrogens is 268 g/mol. The van der Waals surface area contributed by atoms with Crippen molar-refractivity contribution in [1.29, 1.82) is 0 Å². The average Bonchev–Trinajstić information content (AvgIpc) is 3.02. The van der Waals surface area contributed by atoms with Crippen LogP contribution in [-0.2, 0) is 0 Å². The van der Waals surface area contributed by atoms with E-state index in [-0.39, 0.29) is 24.2 Å². The number of rotatable bonds is 5. The molecule has 0 unspecified atom stereocenters. The number of carbonyl (C=O) groups is 1. The molecule has 1 aromatic heterocycles. The fraction of sp³-hybridized carbons (Fsp3) is 0.692. The largest absolute Gasteiger partial charge is 0.360 e. The van der Waals surface area contributed by atoms with Gasteiger partial charge in [0, 0.05) is 32.0 Å². The zero-order valence-corrected chi connectivity index (χ0v) is 11.2. The van der Waals surface area contributed by atoms with Crippen molar-refractivity contribution in [2.75, 3.05) is 19.6 Å². The first-order valence-corrected chi connectivity index (χ1v) is 6.78. The highest BCUT2D eigenvalue weighted by Gasteiger charge is 2.35. The Kier molecular flexibility index (Phi) is 3.24. The van der Waals surface area contributed by atoms with Gasteiger partial charge in [-0.05, 0) is 12.8 Å². The third-order valence-corrected chi connectivity index (χ3v) is 3.53. The Morgan fingerprint density at radius 1 is 1.55 bits per heavy atom. The van der Waals surface area contributed by atoms with Gasteiger partial charge in [-0.2, -0.15) is 0 Å². The van der Waals surface area contributed by atoms with Gasteiger partial charge in [-0.15, -0.1) is 0 Å². The molecule has 20 heavy (non-hydrogen) atoms. The normalized spacial score (nSPS) is 20.8. The van der Waals surface area contributed by atoms with Crippen molar-refractivity contribution < 1.29 is 18.1 Å². The number of likely N-dealkylation sites (tertiary alicyclic amines) is 1. The molecule has 110 valence electrons. The third kappa shape index (κ3) is 3.15. The second kappa shape index (κ2) is 4.80. The molecule has 3 rings (SSSR count). The van der Waals surface area contributed by atoms with Gasteiger partial charge in [-0.3, -0.25) is 9.69 Å². The molecule has 2 heterocycles. The van der Waals surface area contributed by atoms with Crippen LogP contribution in [0, 0.1) is 0 Å². The SMILES string of the molecule is CC(F)(F)CN1CC(NC(=O)c2cc(C3CC3)on2)C1. The molecule has 0 bridgehead atoms. The van der Waals surface area contributed by atoms with E-state index in [0.717, 1.165) is 25.5 Å². The van der Waals surface area contributed by atoms with Gasteiger partial charge in [0.2, 0.25) is 0 Å². The van der Waals surface area contributed by atoms with Crippen LogP contribution in [0.5, 0.6) is 0 Å². The molecule has 1 amide bonds. The Labute approximate surface area is 115 Å². The Hall–Kier alpha value is -1.50. The zero-order valence-electron chi connectivity index (χ0n) is 11.2. The van der Waals surface area contributed by atoms with Gasteiger partial charge in [0.25, 0.3) is 11.8 Å². The van der Waals surface area contributed by atoms with Gasteiger partial charge in [0.15, 0.2) is 5.69 Å². The topological polar surface area (TPSA) is 58.4 Å². The fourth-order valence-electron chi connectivity index (χ4n) is 2.40. The molecule has 5 nitrogen and oxygen atoms in total. The maximum Gasteiger partial charge on any atom is 0.273 e. The molecule has 2 aliphatic rings. The van der Waals surface area contributed by atoms with Crippen LogP contribution in [0.1, 0.15) is 41.9 Å². The number of nitrogens with one attached hydrogen (secondary N) is 1. The summed E-state index contributed by atoms with van der Waals surface area (Å²) in [6, 6.07) is 1.58. The number of hydrogen-bond donors (Lipinski definition) is 1. The second-order valence-electron chi connectivity index (χ2n) is 5.82. The third-order valence-electron chi connectivity index (χ3n) is 3.53. The average molecular weight is 285 g/mol. The predicted molar refractivity (Wildman–Crippen MR) is 66.8 cm³/mol. The quantitative estimate of drug-likeness (QED) is 0.893. The fourth-order valence-corrected chi connectivity index (χ4v) is 2.40. The van der Waals surface area contributed by atoms with E-state index >= 15 is 0 Å². The summed E-state index contributed by atoms with van der Waals surface area (Å²) in [4.78, 5) is 13.5. The Bertz CT molecular complexity index is 502. The number of carbonyl (C=O) groups excluding carboxylic acids is 1. The molecule has 1 aliphatic carbocycles. The molecule has 7 heteroatoms. The van der Waals surface area contributed by atoms with Crippen LogP contribution in [0.2, 0.25) is 0 Å². The smallest absolute Gasteiger partial charge is 0.273 e. The van der Waals surface area contributed by atoms with Crippen LogP contribution in [0.15, 0.2) is 10.6 Å². The first-order chi connectivity index (χ1) is 9.40. The van der Waals surface area contributed by atoms with Crippen LogP contribution in [0.3, 0.4) is 0 Å². The van der Waals surface area contributed by atoms with Crippen molar-refractivity contribution in [1.82, 2.24) is 15.4 Å². The van der Waals surface area contributed by atoms with E-state index in [2.05, 4.69) is 10.5 Å². The summed E-state index contributed by atoms with van der Waals surface area (Å²) in [5.74, 6) is -1.82. The standard InChI is InChI=1S/C13H17F2N3O2/c1-13(14,15)7-18-5-9(6-18)16-12(19)10-4-11(20-17-10)8-2-3-8/h4,8-9H,2-3,5-7H2,1H3,(H,16,19). The summed E-state index contributed by atoms with van der Waals surface area (Å²) in [6.45, 7) is 1.52. The molecule has 1 saturated carbocycles. The first-order valence-electron chi connectivity index (χ1n) is 6.78. The summed E-state index contributed by atoms with van der Waals surface area (Å²) < 4.78 is 30.7. The monoisotopic (exact) mass is 285 g/mol. The zero-order chi connectivity index (χ0) is 14.3. The summed E-state index contributed by atoms with van der Waals surface area (Å²) in [5.41, 5.74) is 0.270. The van der Waals surface area contributed by atoms with E-state index in [4.69, 9.17) is 4.52 Å². The lowest BCUT2D eigenvalue weighted by Gasteiger charge is -2.40. The number of alkyl halides is 2. The summed E-state index contributed by atoms with van der Waals surface area (Å²) >= 11 is 0. The molecule has 1 saturated heterocycles. The van der Waals surface area contributed by atoms with Crippen LogP contribution < -0.4 is 5.32 Å². The van der Waals surface area contributed by atoms with E-state index in [1.165, 1.54) is 0 Å². The molecule has 0 aromatic carbocycles. The lowest BCUT2D eigenvalue weighted by atomic mass is 10.1. The van der Waals surface area contributed by atoms with Crippen LogP contribution in [-0.4, -0.2) is 47.6 Å². The van der Waals surface area contributed by atoms with Gasteiger partial charge in [-0.1, -0.05) is 5.16 Å². The minimum absolute atomic E-state index is 0.0917. The van der Waals surface area contributed by atoms with Crippen LogP contribution >= 0.6 is 0 Å². The van der Waals surface area contributed by atoms with Gasteiger partial charge >= 0.3 is 0 Å². The highest BCUT2D eigenvalue weighted by atomic mass is 19.3. The molecule has 0 spiro atoms. The van der Waals surface area contributed by atoms with Crippen molar-refractivity contribution in [3.8, 4) is 0 Å². The number of aromatic nitrogens is 1. The van der Waals surface area contributed by atoms with E-state index in [9.17, 15) is 13.6 Å².